The molecule has 3 nitrogen and oxygen atoms in total. The van der Waals surface area contributed by atoms with Gasteiger partial charge in [-0.05, 0) is 47.9 Å². The van der Waals surface area contributed by atoms with Crippen LogP contribution in [0.4, 0.5) is 0 Å². The fraction of sp³-hybridized carbons (Fsp3) is 0.188. The summed E-state index contributed by atoms with van der Waals surface area (Å²) in [5, 5.41) is 13.1. The van der Waals surface area contributed by atoms with Crippen molar-refractivity contribution in [2.75, 3.05) is 6.54 Å². The number of carboxylic acid groups (broad SMARTS) is 1. The highest BCUT2D eigenvalue weighted by molar-refractivity contribution is 6.33. The Bertz CT molecular complexity index is 682. The maximum atomic E-state index is 11.1. The predicted molar refractivity (Wildman–Crippen MR) is 79.3 cm³/mol. The van der Waals surface area contributed by atoms with Crippen LogP contribution in [-0.2, 0) is 13.0 Å². The number of aromatic carboxylic acids is 1. The molecule has 0 spiro atoms. The molecule has 3 rings (SSSR count). The number of rotatable bonds is 2. The molecule has 1 aliphatic rings. The second-order valence-corrected chi connectivity index (χ2v) is 5.28. The molecular weight excluding hydrogens is 274 g/mol. The molecule has 2 aromatic carbocycles. The van der Waals surface area contributed by atoms with Gasteiger partial charge in [-0.2, -0.15) is 0 Å². The molecule has 2 aromatic rings. The van der Waals surface area contributed by atoms with E-state index in [0.29, 0.717) is 5.02 Å². The van der Waals surface area contributed by atoms with Crippen LogP contribution in [0.25, 0.3) is 11.1 Å². The van der Waals surface area contributed by atoms with Crippen molar-refractivity contribution in [1.29, 1.82) is 0 Å². The van der Waals surface area contributed by atoms with Gasteiger partial charge >= 0.3 is 5.97 Å². The second-order valence-electron chi connectivity index (χ2n) is 4.87. The molecule has 0 atom stereocenters. The molecule has 2 N–H and O–H groups in total. The zero-order chi connectivity index (χ0) is 14.1. The molecular formula is C16H14ClNO2. The third-order valence-electron chi connectivity index (χ3n) is 3.64. The maximum Gasteiger partial charge on any atom is 0.335 e. The molecule has 0 fully saturated rings. The third-order valence-corrected chi connectivity index (χ3v) is 3.97. The van der Waals surface area contributed by atoms with E-state index in [1.54, 1.807) is 12.1 Å². The number of halogens is 1. The Labute approximate surface area is 122 Å². The van der Waals surface area contributed by atoms with Gasteiger partial charge in [-0.25, -0.2) is 4.79 Å². The van der Waals surface area contributed by atoms with Gasteiger partial charge in [0.15, 0.2) is 0 Å². The number of hydrogen-bond acceptors (Lipinski definition) is 2. The first-order valence-electron chi connectivity index (χ1n) is 6.51. The van der Waals surface area contributed by atoms with Gasteiger partial charge in [-0.15, -0.1) is 0 Å². The maximum absolute atomic E-state index is 11.1. The SMILES string of the molecule is O=C(O)c1ccc(Cl)c(-c2cccc3c2CCNC3)c1. The Morgan fingerprint density at radius 3 is 2.85 bits per heavy atom. The van der Waals surface area contributed by atoms with E-state index in [9.17, 15) is 4.79 Å². The van der Waals surface area contributed by atoms with E-state index in [2.05, 4.69) is 11.4 Å². The minimum atomic E-state index is -0.936. The van der Waals surface area contributed by atoms with Crippen LogP contribution in [0.2, 0.25) is 5.02 Å². The van der Waals surface area contributed by atoms with Crippen LogP contribution in [0.15, 0.2) is 36.4 Å². The summed E-state index contributed by atoms with van der Waals surface area (Å²) in [6.07, 6.45) is 0.930. The van der Waals surface area contributed by atoms with Gasteiger partial charge in [0.1, 0.15) is 0 Å². The molecule has 0 unspecified atom stereocenters. The average Bonchev–Trinajstić information content (AvgIpc) is 2.47. The van der Waals surface area contributed by atoms with Crippen LogP contribution in [0.5, 0.6) is 0 Å². The van der Waals surface area contributed by atoms with Crippen molar-refractivity contribution in [3.63, 3.8) is 0 Å². The molecule has 1 aliphatic heterocycles. The van der Waals surface area contributed by atoms with E-state index >= 15 is 0 Å². The van der Waals surface area contributed by atoms with E-state index in [1.165, 1.54) is 17.2 Å². The zero-order valence-corrected chi connectivity index (χ0v) is 11.6. The van der Waals surface area contributed by atoms with Gasteiger partial charge in [0.2, 0.25) is 0 Å². The van der Waals surface area contributed by atoms with Gasteiger partial charge in [0.05, 0.1) is 5.56 Å². The summed E-state index contributed by atoms with van der Waals surface area (Å²) in [5.41, 5.74) is 4.61. The highest BCUT2D eigenvalue weighted by Gasteiger charge is 2.16. The highest BCUT2D eigenvalue weighted by atomic mass is 35.5. The quantitative estimate of drug-likeness (QED) is 0.890. The molecule has 0 aliphatic carbocycles. The monoisotopic (exact) mass is 287 g/mol. The molecule has 0 radical (unpaired) electrons. The first kappa shape index (κ1) is 13.2. The molecule has 0 saturated carbocycles. The summed E-state index contributed by atoms with van der Waals surface area (Å²) in [6, 6.07) is 10.9. The molecule has 102 valence electrons. The van der Waals surface area contributed by atoms with Crippen LogP contribution >= 0.6 is 11.6 Å². The van der Waals surface area contributed by atoms with Crippen molar-refractivity contribution in [1.82, 2.24) is 5.32 Å². The summed E-state index contributed by atoms with van der Waals surface area (Å²) in [6.45, 7) is 1.78. The van der Waals surface area contributed by atoms with Crippen LogP contribution in [0.1, 0.15) is 21.5 Å². The number of carbonyl (C=O) groups is 1. The molecule has 20 heavy (non-hydrogen) atoms. The molecule has 4 heteroatoms. The Balaban J connectivity index is 2.18. The summed E-state index contributed by atoms with van der Waals surface area (Å²) in [4.78, 5) is 11.1. The lowest BCUT2D eigenvalue weighted by Crippen LogP contribution is -2.24. The number of carboxylic acids is 1. The van der Waals surface area contributed by atoms with Crippen LogP contribution in [0.3, 0.4) is 0 Å². The first-order chi connectivity index (χ1) is 9.66. The van der Waals surface area contributed by atoms with Crippen molar-refractivity contribution in [3.8, 4) is 11.1 Å². The molecule has 0 bridgehead atoms. The lowest BCUT2D eigenvalue weighted by molar-refractivity contribution is 0.0697. The second kappa shape index (κ2) is 5.27. The predicted octanol–water partition coefficient (Wildman–Crippen LogP) is 3.35. The standard InChI is InChI=1S/C16H14ClNO2/c17-15-5-4-10(16(19)20)8-14(15)13-3-1-2-11-9-18-7-6-12(11)13/h1-5,8,18H,6-7,9H2,(H,19,20). The Kier molecular flexibility index (Phi) is 3.47. The van der Waals surface area contributed by atoms with E-state index in [4.69, 9.17) is 16.7 Å². The van der Waals surface area contributed by atoms with Gasteiger partial charge in [-0.3, -0.25) is 0 Å². The fourth-order valence-electron chi connectivity index (χ4n) is 2.65. The highest BCUT2D eigenvalue weighted by Crippen LogP contribution is 2.34. The number of nitrogens with one attached hydrogen (secondary N) is 1. The lowest BCUT2D eigenvalue weighted by atomic mass is 9.91. The van der Waals surface area contributed by atoms with E-state index < -0.39 is 5.97 Å². The molecule has 0 amide bonds. The molecule has 1 heterocycles. The van der Waals surface area contributed by atoms with Gasteiger partial charge < -0.3 is 10.4 Å². The van der Waals surface area contributed by atoms with Gasteiger partial charge in [0.25, 0.3) is 0 Å². The Morgan fingerprint density at radius 1 is 1.20 bits per heavy atom. The number of fused-ring (bicyclic) bond motifs is 1. The van der Waals surface area contributed by atoms with Crippen molar-refractivity contribution >= 4 is 17.6 Å². The fourth-order valence-corrected chi connectivity index (χ4v) is 2.87. The van der Waals surface area contributed by atoms with Gasteiger partial charge in [-0.1, -0.05) is 29.8 Å². The first-order valence-corrected chi connectivity index (χ1v) is 6.89. The van der Waals surface area contributed by atoms with Crippen LogP contribution in [-0.4, -0.2) is 17.6 Å². The van der Waals surface area contributed by atoms with E-state index in [0.717, 1.165) is 30.6 Å². The average molecular weight is 288 g/mol. The smallest absolute Gasteiger partial charge is 0.335 e. The third kappa shape index (κ3) is 2.30. The zero-order valence-electron chi connectivity index (χ0n) is 10.8. The largest absolute Gasteiger partial charge is 0.478 e. The minimum Gasteiger partial charge on any atom is -0.478 e. The van der Waals surface area contributed by atoms with E-state index in [1.807, 2.05) is 12.1 Å². The Hall–Kier alpha value is -1.84. The number of hydrogen-bond donors (Lipinski definition) is 2. The molecule has 0 aromatic heterocycles. The summed E-state index contributed by atoms with van der Waals surface area (Å²) in [7, 11) is 0. The van der Waals surface area contributed by atoms with Gasteiger partial charge in [0, 0.05) is 17.1 Å². The number of benzene rings is 2. The summed E-state index contributed by atoms with van der Waals surface area (Å²) >= 11 is 6.27. The van der Waals surface area contributed by atoms with Crippen molar-refractivity contribution < 1.29 is 9.90 Å². The van der Waals surface area contributed by atoms with E-state index in [-0.39, 0.29) is 5.56 Å². The Morgan fingerprint density at radius 2 is 2.05 bits per heavy atom. The van der Waals surface area contributed by atoms with Crippen LogP contribution in [0, 0.1) is 0 Å². The summed E-state index contributed by atoms with van der Waals surface area (Å²) < 4.78 is 0. The van der Waals surface area contributed by atoms with Crippen molar-refractivity contribution in [3.05, 3.63) is 58.1 Å². The molecule has 0 saturated heterocycles. The topological polar surface area (TPSA) is 49.3 Å². The van der Waals surface area contributed by atoms with Crippen molar-refractivity contribution in [2.45, 2.75) is 13.0 Å². The normalized spacial score (nSPS) is 13.8. The van der Waals surface area contributed by atoms with Crippen LogP contribution < -0.4 is 5.32 Å². The lowest BCUT2D eigenvalue weighted by Gasteiger charge is -2.21. The minimum absolute atomic E-state index is 0.260. The summed E-state index contributed by atoms with van der Waals surface area (Å²) in [5.74, 6) is -0.936. The van der Waals surface area contributed by atoms with Crippen molar-refractivity contribution in [2.24, 2.45) is 0 Å².